The number of alkyl halides is 6. The molecule has 0 saturated heterocycles. The molecule has 1 aliphatic heterocycles. The number of benzene rings is 2. The second kappa shape index (κ2) is 10.4. The minimum Gasteiger partial charge on any atom is -0.355 e. The summed E-state index contributed by atoms with van der Waals surface area (Å²) in [6, 6.07) is 9.24. The van der Waals surface area contributed by atoms with Crippen LogP contribution in [0.2, 0.25) is 0 Å². The summed E-state index contributed by atoms with van der Waals surface area (Å²) in [7, 11) is 0. The maximum atomic E-state index is 12.7. The Kier molecular flexibility index (Phi) is 7.57. The van der Waals surface area contributed by atoms with Crippen LogP contribution in [0.25, 0.3) is 12.2 Å². The van der Waals surface area contributed by atoms with Crippen LogP contribution in [0.15, 0.2) is 70.8 Å². The molecule has 0 spiro atoms. The molecule has 0 amide bonds. The van der Waals surface area contributed by atoms with Gasteiger partial charge in [0.1, 0.15) is 0 Å². The van der Waals surface area contributed by atoms with E-state index in [4.69, 9.17) is 0 Å². The van der Waals surface area contributed by atoms with E-state index in [1.165, 1.54) is 24.3 Å². The summed E-state index contributed by atoms with van der Waals surface area (Å²) >= 11 is 0. The molecule has 1 heterocycles. The molecule has 4 nitrogen and oxygen atoms in total. The van der Waals surface area contributed by atoms with E-state index in [-0.39, 0.29) is 0 Å². The molecule has 0 aliphatic carbocycles. The number of hydrogen-bond donors (Lipinski definition) is 2. The third-order valence-corrected chi connectivity index (χ3v) is 4.56. The van der Waals surface area contributed by atoms with Gasteiger partial charge in [0.25, 0.3) is 0 Å². The van der Waals surface area contributed by atoms with Crippen molar-refractivity contribution in [3.8, 4) is 0 Å². The third-order valence-electron chi connectivity index (χ3n) is 4.56. The Hall–Kier alpha value is -3.56. The summed E-state index contributed by atoms with van der Waals surface area (Å²) < 4.78 is 76.4. The maximum Gasteiger partial charge on any atom is 0.416 e. The lowest BCUT2D eigenvalue weighted by atomic mass is 10.1. The highest BCUT2D eigenvalue weighted by Gasteiger charge is 2.30. The number of allylic oxidation sites excluding steroid dienone is 2. The van der Waals surface area contributed by atoms with Gasteiger partial charge >= 0.3 is 12.4 Å². The SMILES string of the molecule is FC(F)(F)c1ccc(C=CC(C=Cc2ccc(C(F)(F)F)cc2)=NNC2=NCCCN2)cc1. The minimum absolute atomic E-state index is 0.380. The van der Waals surface area contributed by atoms with Crippen LogP contribution in [0.3, 0.4) is 0 Å². The molecular formula is C23H20F6N4. The first-order valence-corrected chi connectivity index (χ1v) is 9.94. The topological polar surface area (TPSA) is 48.8 Å². The minimum atomic E-state index is -4.42. The molecular weight excluding hydrogens is 446 g/mol. The standard InChI is InChI=1S/C23H20F6N4/c24-22(25,26)18-8-2-16(3-9-18)6-12-20(32-33-21-30-14-1-15-31-21)13-7-17-4-10-19(11-5-17)23(27,28)29/h2-13H,1,14-15H2,(H2,30,31,33). The summed E-state index contributed by atoms with van der Waals surface area (Å²) in [6.45, 7) is 1.38. The second-order valence-electron chi connectivity index (χ2n) is 7.07. The molecule has 0 atom stereocenters. The van der Waals surface area contributed by atoms with Gasteiger partial charge in [0.15, 0.2) is 0 Å². The van der Waals surface area contributed by atoms with Crippen LogP contribution in [0, 0.1) is 0 Å². The van der Waals surface area contributed by atoms with Gasteiger partial charge in [-0.15, -0.1) is 0 Å². The zero-order valence-electron chi connectivity index (χ0n) is 17.2. The summed E-state index contributed by atoms with van der Waals surface area (Å²) in [6.07, 6.45) is -1.65. The highest BCUT2D eigenvalue weighted by Crippen LogP contribution is 2.30. The largest absolute Gasteiger partial charge is 0.416 e. The molecule has 2 aromatic carbocycles. The second-order valence-corrected chi connectivity index (χ2v) is 7.07. The number of hydrogen-bond acceptors (Lipinski definition) is 4. The highest BCUT2D eigenvalue weighted by molar-refractivity contribution is 6.09. The van der Waals surface area contributed by atoms with Gasteiger partial charge in [0.2, 0.25) is 5.96 Å². The number of nitrogens with one attached hydrogen (secondary N) is 2. The summed E-state index contributed by atoms with van der Waals surface area (Å²) in [4.78, 5) is 4.23. The van der Waals surface area contributed by atoms with Crippen LogP contribution in [-0.4, -0.2) is 24.8 Å². The lowest BCUT2D eigenvalue weighted by Gasteiger charge is -2.13. The number of rotatable bonds is 5. The van der Waals surface area contributed by atoms with Crippen molar-refractivity contribution in [1.29, 1.82) is 0 Å². The fraction of sp³-hybridized carbons (Fsp3) is 0.217. The average Bonchev–Trinajstić information content (AvgIpc) is 2.78. The Balaban J connectivity index is 1.79. The molecule has 174 valence electrons. The predicted molar refractivity (Wildman–Crippen MR) is 116 cm³/mol. The van der Waals surface area contributed by atoms with Crippen molar-refractivity contribution in [2.24, 2.45) is 10.1 Å². The van der Waals surface area contributed by atoms with Gasteiger partial charge in [-0.1, -0.05) is 36.4 Å². The quantitative estimate of drug-likeness (QED) is 0.335. The molecule has 2 N–H and O–H groups in total. The van der Waals surface area contributed by atoms with E-state index in [1.54, 1.807) is 24.3 Å². The van der Waals surface area contributed by atoms with E-state index in [0.29, 0.717) is 29.3 Å². The molecule has 0 unspecified atom stereocenters. The maximum absolute atomic E-state index is 12.7. The molecule has 3 rings (SSSR count). The molecule has 2 aromatic rings. The number of guanidine groups is 1. The fourth-order valence-corrected chi connectivity index (χ4v) is 2.78. The van der Waals surface area contributed by atoms with E-state index in [0.717, 1.165) is 37.2 Å². The highest BCUT2D eigenvalue weighted by atomic mass is 19.4. The smallest absolute Gasteiger partial charge is 0.355 e. The normalized spacial score (nSPS) is 14.8. The number of halogens is 6. The van der Waals surface area contributed by atoms with E-state index < -0.39 is 23.5 Å². The number of hydrazone groups is 1. The fourth-order valence-electron chi connectivity index (χ4n) is 2.78. The van der Waals surface area contributed by atoms with E-state index >= 15 is 0 Å². The van der Waals surface area contributed by atoms with Gasteiger partial charge in [0, 0.05) is 13.1 Å². The summed E-state index contributed by atoms with van der Waals surface area (Å²) in [5, 5.41) is 7.26. The van der Waals surface area contributed by atoms with Gasteiger partial charge in [-0.2, -0.15) is 31.4 Å². The van der Waals surface area contributed by atoms with Crippen molar-refractivity contribution >= 4 is 23.8 Å². The van der Waals surface area contributed by atoms with Crippen molar-refractivity contribution in [3.05, 3.63) is 82.9 Å². The first-order valence-electron chi connectivity index (χ1n) is 9.94. The molecule has 10 heteroatoms. The Labute approximate surface area is 186 Å². The molecule has 0 saturated carbocycles. The molecule has 33 heavy (non-hydrogen) atoms. The predicted octanol–water partition coefficient (Wildman–Crippen LogP) is 5.75. The van der Waals surface area contributed by atoms with Gasteiger partial charge in [-0.05, 0) is 54.0 Å². The van der Waals surface area contributed by atoms with Crippen LogP contribution < -0.4 is 10.7 Å². The van der Waals surface area contributed by atoms with Crippen molar-refractivity contribution in [2.45, 2.75) is 18.8 Å². The van der Waals surface area contributed by atoms with Crippen molar-refractivity contribution < 1.29 is 26.3 Å². The van der Waals surface area contributed by atoms with Crippen LogP contribution in [0.4, 0.5) is 26.3 Å². The van der Waals surface area contributed by atoms with Crippen molar-refractivity contribution in [3.63, 3.8) is 0 Å². The molecule has 0 fully saturated rings. The lowest BCUT2D eigenvalue weighted by molar-refractivity contribution is -0.138. The Morgan fingerprint density at radius 1 is 0.818 bits per heavy atom. The van der Waals surface area contributed by atoms with Crippen molar-refractivity contribution in [1.82, 2.24) is 10.7 Å². The Morgan fingerprint density at radius 2 is 1.30 bits per heavy atom. The number of aliphatic imine (C=N–C) groups is 1. The molecule has 0 radical (unpaired) electrons. The Bertz CT molecular complexity index is 977. The van der Waals surface area contributed by atoms with E-state index in [9.17, 15) is 26.3 Å². The molecule has 0 aromatic heterocycles. The van der Waals surface area contributed by atoms with Crippen LogP contribution >= 0.6 is 0 Å². The van der Waals surface area contributed by atoms with Crippen LogP contribution in [0.1, 0.15) is 28.7 Å². The van der Waals surface area contributed by atoms with Gasteiger partial charge < -0.3 is 5.32 Å². The van der Waals surface area contributed by atoms with Crippen LogP contribution in [0.5, 0.6) is 0 Å². The summed E-state index contributed by atoms with van der Waals surface area (Å²) in [5.41, 5.74) is 2.70. The number of nitrogens with zero attached hydrogens (tertiary/aromatic N) is 2. The van der Waals surface area contributed by atoms with Gasteiger partial charge in [-0.3, -0.25) is 4.99 Å². The van der Waals surface area contributed by atoms with Crippen LogP contribution in [-0.2, 0) is 12.4 Å². The molecule has 0 bridgehead atoms. The first kappa shape index (κ1) is 24.1. The Morgan fingerprint density at radius 3 is 1.70 bits per heavy atom. The average molecular weight is 466 g/mol. The van der Waals surface area contributed by atoms with Gasteiger partial charge in [0.05, 0.1) is 16.8 Å². The lowest BCUT2D eigenvalue weighted by Crippen LogP contribution is -2.38. The first-order chi connectivity index (χ1) is 15.6. The van der Waals surface area contributed by atoms with Gasteiger partial charge in [-0.25, -0.2) is 5.43 Å². The van der Waals surface area contributed by atoms with E-state index in [2.05, 4.69) is 20.8 Å². The third kappa shape index (κ3) is 7.51. The zero-order valence-corrected chi connectivity index (χ0v) is 17.2. The van der Waals surface area contributed by atoms with Crippen molar-refractivity contribution in [2.75, 3.05) is 13.1 Å². The molecule has 1 aliphatic rings. The van der Waals surface area contributed by atoms with E-state index in [1.807, 2.05) is 0 Å². The summed E-state index contributed by atoms with van der Waals surface area (Å²) in [5.74, 6) is 0.476. The monoisotopic (exact) mass is 466 g/mol. The zero-order chi connectivity index (χ0) is 23.9.